The van der Waals surface area contributed by atoms with E-state index in [2.05, 4.69) is 58.9 Å². The molecule has 2 heterocycles. The van der Waals surface area contributed by atoms with Crippen molar-refractivity contribution in [1.29, 1.82) is 0 Å². The molecular weight excluding hydrogens is 308 g/mol. The van der Waals surface area contributed by atoms with Gasteiger partial charge in [0.25, 0.3) is 0 Å². The van der Waals surface area contributed by atoms with Gasteiger partial charge in [-0.2, -0.15) is 5.10 Å². The maximum atomic E-state index is 6.27. The lowest BCUT2D eigenvalue weighted by Crippen LogP contribution is -2.14. The summed E-state index contributed by atoms with van der Waals surface area (Å²) >= 11 is 0. The van der Waals surface area contributed by atoms with Crippen LogP contribution >= 0.6 is 0 Å². The maximum absolute atomic E-state index is 6.27. The van der Waals surface area contributed by atoms with E-state index < -0.39 is 0 Å². The van der Waals surface area contributed by atoms with Crippen molar-refractivity contribution in [2.45, 2.75) is 60.5 Å². The summed E-state index contributed by atoms with van der Waals surface area (Å²) in [6.07, 6.45) is 2.26. The smallest absolute Gasteiger partial charge is 0.147 e. The maximum Gasteiger partial charge on any atom is 0.147 e. The van der Waals surface area contributed by atoms with Crippen molar-refractivity contribution in [3.8, 4) is 17.0 Å². The van der Waals surface area contributed by atoms with E-state index in [1.165, 1.54) is 22.3 Å². The molecule has 25 heavy (non-hydrogen) atoms. The number of hydrogen-bond donors (Lipinski definition) is 0. The molecule has 3 heteroatoms. The van der Waals surface area contributed by atoms with Crippen molar-refractivity contribution in [1.82, 2.24) is 9.61 Å². The van der Waals surface area contributed by atoms with Gasteiger partial charge in [-0.05, 0) is 63.8 Å². The van der Waals surface area contributed by atoms with E-state index in [0.29, 0.717) is 0 Å². The molecule has 0 N–H and O–H groups in total. The van der Waals surface area contributed by atoms with E-state index in [1.807, 2.05) is 17.5 Å². The van der Waals surface area contributed by atoms with Gasteiger partial charge in [0.1, 0.15) is 11.3 Å². The predicted octanol–water partition coefficient (Wildman–Crippen LogP) is 5.80. The molecule has 132 valence electrons. The second kappa shape index (κ2) is 6.91. The number of benzene rings is 1. The first-order valence-electron chi connectivity index (χ1n) is 9.18. The fourth-order valence-corrected chi connectivity index (χ4v) is 3.68. The molecule has 0 saturated heterocycles. The molecule has 0 radical (unpaired) electrons. The Morgan fingerprint density at radius 3 is 2.20 bits per heavy atom. The molecule has 0 aliphatic heterocycles. The Kier molecular flexibility index (Phi) is 4.85. The van der Waals surface area contributed by atoms with Crippen LogP contribution in [0.2, 0.25) is 0 Å². The summed E-state index contributed by atoms with van der Waals surface area (Å²) in [6.45, 7) is 12.9. The molecule has 0 aliphatic carbocycles. The molecule has 0 atom stereocenters. The van der Waals surface area contributed by atoms with E-state index in [9.17, 15) is 0 Å². The van der Waals surface area contributed by atoms with Gasteiger partial charge >= 0.3 is 0 Å². The average Bonchev–Trinajstić information content (AvgIpc) is 2.95. The van der Waals surface area contributed by atoms with Crippen molar-refractivity contribution in [3.63, 3.8) is 0 Å². The Balaban J connectivity index is 2.19. The molecule has 0 saturated carbocycles. The summed E-state index contributed by atoms with van der Waals surface area (Å²) in [4.78, 5) is 0. The predicted molar refractivity (Wildman–Crippen MR) is 105 cm³/mol. The summed E-state index contributed by atoms with van der Waals surface area (Å²) in [5.41, 5.74) is 8.24. The molecule has 1 aromatic carbocycles. The minimum atomic E-state index is 0.242. The Hall–Kier alpha value is -2.29. The average molecular weight is 336 g/mol. The first-order valence-corrected chi connectivity index (χ1v) is 9.18. The van der Waals surface area contributed by atoms with Crippen molar-refractivity contribution in [2.24, 2.45) is 0 Å². The molecule has 0 fully saturated rings. The standard InChI is InChI=1S/C22H28N2O/c1-7-18(8-2)25-21-13-17(6)23-24-19(21)9-10-20(24)22-15(4)11-14(3)12-16(22)5/h9-13,18H,7-8H2,1-6H3. The van der Waals surface area contributed by atoms with Gasteiger partial charge in [-0.1, -0.05) is 31.5 Å². The van der Waals surface area contributed by atoms with Crippen molar-refractivity contribution >= 4 is 5.52 Å². The van der Waals surface area contributed by atoms with Crippen LogP contribution in [0, 0.1) is 27.7 Å². The number of nitrogens with zero attached hydrogens (tertiary/aromatic N) is 2. The molecule has 0 aliphatic rings. The number of aromatic nitrogens is 2. The normalized spacial score (nSPS) is 11.5. The zero-order valence-electron chi connectivity index (χ0n) is 16.2. The molecule has 3 rings (SSSR count). The zero-order valence-corrected chi connectivity index (χ0v) is 16.2. The highest BCUT2D eigenvalue weighted by molar-refractivity contribution is 5.75. The van der Waals surface area contributed by atoms with Crippen LogP contribution in [0.25, 0.3) is 16.8 Å². The topological polar surface area (TPSA) is 26.5 Å². The second-order valence-electron chi connectivity index (χ2n) is 7.00. The van der Waals surface area contributed by atoms with Gasteiger partial charge < -0.3 is 4.74 Å². The van der Waals surface area contributed by atoms with E-state index >= 15 is 0 Å². The molecule has 2 aromatic heterocycles. The summed E-state index contributed by atoms with van der Waals surface area (Å²) in [5.74, 6) is 0.926. The Morgan fingerprint density at radius 2 is 1.60 bits per heavy atom. The molecule has 0 spiro atoms. The van der Waals surface area contributed by atoms with Crippen LogP contribution in [0.4, 0.5) is 0 Å². The zero-order chi connectivity index (χ0) is 18.1. The van der Waals surface area contributed by atoms with Gasteiger partial charge in [-0.25, -0.2) is 4.52 Å². The lowest BCUT2D eigenvalue weighted by atomic mass is 9.97. The van der Waals surface area contributed by atoms with Crippen LogP contribution in [0.3, 0.4) is 0 Å². The highest BCUT2D eigenvalue weighted by Crippen LogP contribution is 2.33. The fraction of sp³-hybridized carbons (Fsp3) is 0.409. The number of rotatable bonds is 5. The van der Waals surface area contributed by atoms with Crippen molar-refractivity contribution in [3.05, 3.63) is 52.7 Å². The van der Waals surface area contributed by atoms with E-state index in [-0.39, 0.29) is 6.10 Å². The Labute approximate surface area is 150 Å². The SMILES string of the molecule is CCC(CC)Oc1cc(C)nn2c(-c3c(C)cc(C)cc3C)ccc12. The van der Waals surface area contributed by atoms with Gasteiger partial charge in [0, 0.05) is 11.6 Å². The van der Waals surface area contributed by atoms with Crippen molar-refractivity contribution < 1.29 is 4.74 Å². The summed E-state index contributed by atoms with van der Waals surface area (Å²) < 4.78 is 8.31. The minimum absolute atomic E-state index is 0.242. The van der Waals surface area contributed by atoms with Gasteiger partial charge in [-0.15, -0.1) is 0 Å². The summed E-state index contributed by atoms with van der Waals surface area (Å²) in [5, 5.41) is 4.77. The van der Waals surface area contributed by atoms with Crippen LogP contribution in [-0.4, -0.2) is 15.7 Å². The van der Waals surface area contributed by atoms with Crippen LogP contribution < -0.4 is 4.74 Å². The third-order valence-electron chi connectivity index (χ3n) is 4.84. The monoisotopic (exact) mass is 336 g/mol. The highest BCUT2D eigenvalue weighted by atomic mass is 16.5. The summed E-state index contributed by atoms with van der Waals surface area (Å²) in [6, 6.07) is 10.8. The fourth-order valence-electron chi connectivity index (χ4n) is 3.68. The lowest BCUT2D eigenvalue weighted by Gasteiger charge is -2.17. The largest absolute Gasteiger partial charge is 0.488 e. The van der Waals surface area contributed by atoms with Crippen molar-refractivity contribution in [2.75, 3.05) is 0 Å². The Morgan fingerprint density at radius 1 is 0.960 bits per heavy atom. The van der Waals surface area contributed by atoms with Crippen LogP contribution in [0.15, 0.2) is 30.3 Å². The third-order valence-corrected chi connectivity index (χ3v) is 4.84. The molecule has 3 nitrogen and oxygen atoms in total. The number of ether oxygens (including phenoxy) is 1. The van der Waals surface area contributed by atoms with Crippen LogP contribution in [-0.2, 0) is 0 Å². The van der Waals surface area contributed by atoms with Crippen LogP contribution in [0.1, 0.15) is 49.1 Å². The molecule has 3 aromatic rings. The quantitative estimate of drug-likeness (QED) is 0.588. The van der Waals surface area contributed by atoms with E-state index in [4.69, 9.17) is 9.84 Å². The van der Waals surface area contributed by atoms with Crippen LogP contribution in [0.5, 0.6) is 5.75 Å². The Bertz CT molecular complexity index is 881. The lowest BCUT2D eigenvalue weighted by molar-refractivity contribution is 0.194. The molecular formula is C22H28N2O. The molecule has 0 unspecified atom stereocenters. The minimum Gasteiger partial charge on any atom is -0.488 e. The molecule has 0 amide bonds. The first kappa shape index (κ1) is 17.5. The number of fused-ring (bicyclic) bond motifs is 1. The first-order chi connectivity index (χ1) is 11.9. The third kappa shape index (κ3) is 3.28. The van der Waals surface area contributed by atoms with E-state index in [0.717, 1.165) is 35.5 Å². The second-order valence-corrected chi connectivity index (χ2v) is 7.00. The highest BCUT2D eigenvalue weighted by Gasteiger charge is 2.16. The number of aryl methyl sites for hydroxylation is 4. The molecule has 0 bridgehead atoms. The van der Waals surface area contributed by atoms with Gasteiger partial charge in [-0.3, -0.25) is 0 Å². The van der Waals surface area contributed by atoms with Gasteiger partial charge in [0.15, 0.2) is 0 Å². The van der Waals surface area contributed by atoms with Gasteiger partial charge in [0.05, 0.1) is 17.5 Å². The summed E-state index contributed by atoms with van der Waals surface area (Å²) in [7, 11) is 0. The van der Waals surface area contributed by atoms with E-state index in [1.54, 1.807) is 0 Å². The number of hydrogen-bond acceptors (Lipinski definition) is 2. The van der Waals surface area contributed by atoms with Gasteiger partial charge in [0.2, 0.25) is 0 Å².